The van der Waals surface area contributed by atoms with Gasteiger partial charge in [0.15, 0.2) is 0 Å². The van der Waals surface area contributed by atoms with Gasteiger partial charge in [0.2, 0.25) is 0 Å². The van der Waals surface area contributed by atoms with Crippen LogP contribution in [0.25, 0.3) is 5.69 Å². The molecule has 140 valence electrons. The van der Waals surface area contributed by atoms with E-state index in [1.807, 2.05) is 41.2 Å². The van der Waals surface area contributed by atoms with Crippen LogP contribution < -0.4 is 0 Å². The summed E-state index contributed by atoms with van der Waals surface area (Å²) >= 11 is 0. The highest BCUT2D eigenvalue weighted by Crippen LogP contribution is 2.42. The highest BCUT2D eigenvalue weighted by atomic mass is 19.1. The van der Waals surface area contributed by atoms with Crippen molar-refractivity contribution in [3.05, 3.63) is 83.4 Å². The highest BCUT2D eigenvalue weighted by molar-refractivity contribution is 5.37. The van der Waals surface area contributed by atoms with Gasteiger partial charge >= 0.3 is 0 Å². The average Bonchev–Trinajstić information content (AvgIpc) is 3.12. The summed E-state index contributed by atoms with van der Waals surface area (Å²) in [6.07, 6.45) is 3.93. The van der Waals surface area contributed by atoms with E-state index in [-0.39, 0.29) is 17.8 Å². The summed E-state index contributed by atoms with van der Waals surface area (Å²) in [6, 6.07) is 15.9. The van der Waals surface area contributed by atoms with Gasteiger partial charge in [0.05, 0.1) is 18.0 Å². The van der Waals surface area contributed by atoms with Gasteiger partial charge in [-0.3, -0.25) is 0 Å². The largest absolute Gasteiger partial charge is 0.396 e. The summed E-state index contributed by atoms with van der Waals surface area (Å²) in [4.78, 5) is 0. The molecular formula is C22H23FN2O2. The Balaban J connectivity index is 1.57. The van der Waals surface area contributed by atoms with Crippen molar-refractivity contribution in [3.63, 3.8) is 0 Å². The molecule has 1 heterocycles. The molecule has 0 amide bonds. The molecule has 5 heteroatoms. The van der Waals surface area contributed by atoms with Crippen LogP contribution in [0, 0.1) is 11.2 Å². The lowest BCUT2D eigenvalue weighted by Gasteiger charge is -2.37. The van der Waals surface area contributed by atoms with E-state index in [4.69, 9.17) is 0 Å². The van der Waals surface area contributed by atoms with E-state index in [0.29, 0.717) is 12.8 Å². The fourth-order valence-corrected chi connectivity index (χ4v) is 4.08. The van der Waals surface area contributed by atoms with Crippen molar-refractivity contribution in [1.82, 2.24) is 9.78 Å². The molecule has 1 aromatic heterocycles. The zero-order chi connectivity index (χ0) is 18.9. The van der Waals surface area contributed by atoms with Crippen molar-refractivity contribution in [2.45, 2.75) is 31.8 Å². The lowest BCUT2D eigenvalue weighted by atomic mass is 9.70. The molecule has 1 aliphatic rings. The Morgan fingerprint density at radius 2 is 1.85 bits per heavy atom. The number of halogens is 1. The second kappa shape index (κ2) is 7.25. The van der Waals surface area contributed by atoms with Crippen molar-refractivity contribution in [2.75, 3.05) is 6.61 Å². The lowest BCUT2D eigenvalue weighted by molar-refractivity contribution is 0.0380. The third-order valence-corrected chi connectivity index (χ3v) is 5.63. The van der Waals surface area contributed by atoms with Gasteiger partial charge in [0, 0.05) is 17.7 Å². The Kier molecular flexibility index (Phi) is 4.81. The van der Waals surface area contributed by atoms with Gasteiger partial charge in [-0.05, 0) is 61.1 Å². The molecule has 0 saturated carbocycles. The van der Waals surface area contributed by atoms with Gasteiger partial charge in [-0.15, -0.1) is 0 Å². The van der Waals surface area contributed by atoms with Crippen LogP contribution in [0.4, 0.5) is 4.39 Å². The zero-order valence-corrected chi connectivity index (χ0v) is 15.1. The lowest BCUT2D eigenvalue weighted by Crippen LogP contribution is -2.34. The molecule has 27 heavy (non-hydrogen) atoms. The first kappa shape index (κ1) is 17.9. The normalized spacial score (nSPS) is 20.3. The topological polar surface area (TPSA) is 58.3 Å². The highest BCUT2D eigenvalue weighted by Gasteiger charge is 2.37. The van der Waals surface area contributed by atoms with E-state index in [2.05, 4.69) is 5.10 Å². The SMILES string of the molecule is OC[C@@]1(CC(O)c2ccccc2)CCc2c(cnn2-c2ccc(F)cc2)C1. The van der Waals surface area contributed by atoms with E-state index in [0.717, 1.165) is 35.3 Å². The molecular weight excluding hydrogens is 343 g/mol. The first-order chi connectivity index (χ1) is 13.1. The maximum atomic E-state index is 13.2. The minimum absolute atomic E-state index is 0.0259. The van der Waals surface area contributed by atoms with Crippen LogP contribution in [0.5, 0.6) is 0 Å². The predicted octanol–water partition coefficient (Wildman–Crippen LogP) is 3.60. The Morgan fingerprint density at radius 3 is 2.56 bits per heavy atom. The Labute approximate surface area is 157 Å². The van der Waals surface area contributed by atoms with Crippen molar-refractivity contribution in [2.24, 2.45) is 5.41 Å². The summed E-state index contributed by atoms with van der Waals surface area (Å²) < 4.78 is 15.0. The second-order valence-corrected chi connectivity index (χ2v) is 7.47. The Bertz CT molecular complexity index is 908. The number of nitrogens with zero attached hydrogens (tertiary/aromatic N) is 2. The van der Waals surface area contributed by atoms with E-state index >= 15 is 0 Å². The molecule has 0 radical (unpaired) electrons. The van der Waals surface area contributed by atoms with Crippen LogP contribution in [-0.4, -0.2) is 26.6 Å². The zero-order valence-electron chi connectivity index (χ0n) is 15.1. The van der Waals surface area contributed by atoms with Gasteiger partial charge in [-0.2, -0.15) is 5.10 Å². The van der Waals surface area contributed by atoms with Crippen molar-refractivity contribution >= 4 is 0 Å². The Hall–Kier alpha value is -2.50. The molecule has 0 spiro atoms. The number of aliphatic hydroxyl groups excluding tert-OH is 2. The van der Waals surface area contributed by atoms with Crippen LogP contribution in [0.3, 0.4) is 0 Å². The van der Waals surface area contributed by atoms with Gasteiger partial charge in [0.25, 0.3) is 0 Å². The van der Waals surface area contributed by atoms with Crippen molar-refractivity contribution in [3.8, 4) is 5.69 Å². The van der Waals surface area contributed by atoms with Crippen molar-refractivity contribution in [1.29, 1.82) is 0 Å². The van der Waals surface area contributed by atoms with Crippen LogP contribution >= 0.6 is 0 Å². The van der Waals surface area contributed by atoms with E-state index in [9.17, 15) is 14.6 Å². The van der Waals surface area contributed by atoms with Gasteiger partial charge in [-0.1, -0.05) is 30.3 Å². The standard InChI is InChI=1S/C22H23FN2O2/c23-18-6-8-19(9-7-18)25-20-10-11-22(15-26,12-17(20)14-24-25)13-21(27)16-4-2-1-3-5-16/h1-9,14,21,26-27H,10-13,15H2/t21?,22-/m0/s1. The molecule has 0 bridgehead atoms. The van der Waals surface area contributed by atoms with Gasteiger partial charge in [-0.25, -0.2) is 9.07 Å². The van der Waals surface area contributed by atoms with Crippen molar-refractivity contribution < 1.29 is 14.6 Å². The third kappa shape index (κ3) is 3.53. The molecule has 1 aliphatic carbocycles. The second-order valence-electron chi connectivity index (χ2n) is 7.47. The molecule has 4 nitrogen and oxygen atoms in total. The summed E-state index contributed by atoms with van der Waals surface area (Å²) in [5.41, 5.74) is 3.52. The number of aliphatic hydroxyl groups is 2. The molecule has 4 rings (SSSR count). The summed E-state index contributed by atoms with van der Waals surface area (Å²) in [7, 11) is 0. The van der Waals surface area contributed by atoms with Gasteiger partial charge < -0.3 is 10.2 Å². The first-order valence-electron chi connectivity index (χ1n) is 9.26. The maximum absolute atomic E-state index is 13.2. The van der Waals surface area contributed by atoms with Crippen LogP contribution in [0.1, 0.15) is 35.8 Å². The minimum Gasteiger partial charge on any atom is -0.396 e. The Morgan fingerprint density at radius 1 is 1.11 bits per heavy atom. The van der Waals surface area contributed by atoms with E-state index in [1.165, 1.54) is 12.1 Å². The molecule has 2 N–H and O–H groups in total. The smallest absolute Gasteiger partial charge is 0.123 e. The summed E-state index contributed by atoms with van der Waals surface area (Å²) in [5, 5.41) is 25.3. The third-order valence-electron chi connectivity index (χ3n) is 5.63. The number of aromatic nitrogens is 2. The number of hydrogen-bond acceptors (Lipinski definition) is 3. The predicted molar refractivity (Wildman–Crippen MR) is 101 cm³/mol. The number of rotatable bonds is 5. The minimum atomic E-state index is -0.605. The molecule has 0 saturated heterocycles. The maximum Gasteiger partial charge on any atom is 0.123 e. The van der Waals surface area contributed by atoms with Crippen LogP contribution in [0.15, 0.2) is 60.8 Å². The van der Waals surface area contributed by atoms with E-state index in [1.54, 1.807) is 12.1 Å². The van der Waals surface area contributed by atoms with Gasteiger partial charge in [0.1, 0.15) is 5.82 Å². The summed E-state index contributed by atoms with van der Waals surface area (Å²) in [6.45, 7) is 0.0259. The number of fused-ring (bicyclic) bond motifs is 1. The molecule has 3 aromatic rings. The molecule has 0 aliphatic heterocycles. The monoisotopic (exact) mass is 366 g/mol. The quantitative estimate of drug-likeness (QED) is 0.725. The average molecular weight is 366 g/mol. The molecule has 2 atom stereocenters. The molecule has 2 aromatic carbocycles. The van der Waals surface area contributed by atoms with Crippen LogP contribution in [0.2, 0.25) is 0 Å². The number of benzene rings is 2. The van der Waals surface area contributed by atoms with E-state index < -0.39 is 6.10 Å². The number of hydrogen-bond donors (Lipinski definition) is 2. The fraction of sp³-hybridized carbons (Fsp3) is 0.318. The molecule has 0 fully saturated rings. The molecule has 1 unspecified atom stereocenters. The summed E-state index contributed by atoms with van der Waals surface area (Å²) in [5.74, 6) is -0.269. The first-order valence-corrected chi connectivity index (χ1v) is 9.26. The fourth-order valence-electron chi connectivity index (χ4n) is 4.08. The van der Waals surface area contributed by atoms with Crippen LogP contribution in [-0.2, 0) is 12.8 Å².